The predicted octanol–water partition coefficient (Wildman–Crippen LogP) is 1.84. The van der Waals surface area contributed by atoms with Gasteiger partial charge in [-0.1, -0.05) is 12.1 Å². The van der Waals surface area contributed by atoms with Gasteiger partial charge in [-0.15, -0.1) is 0 Å². The van der Waals surface area contributed by atoms with Crippen LogP contribution in [-0.4, -0.2) is 18.2 Å². The number of hydrogen-bond donors (Lipinski definition) is 2. The van der Waals surface area contributed by atoms with Crippen LogP contribution in [0.2, 0.25) is 0 Å². The second-order valence-electron chi connectivity index (χ2n) is 3.51. The molecule has 1 saturated heterocycles. The number of benzene rings is 1. The first-order valence-electron chi connectivity index (χ1n) is 4.53. The second kappa shape index (κ2) is 3.96. The fourth-order valence-corrected chi connectivity index (χ4v) is 1.92. The Labute approximate surface area is 90.3 Å². The van der Waals surface area contributed by atoms with Gasteiger partial charge in [0.05, 0.1) is 10.6 Å². The van der Waals surface area contributed by atoms with Gasteiger partial charge >= 0.3 is 0 Å². The van der Waals surface area contributed by atoms with Gasteiger partial charge in [-0.2, -0.15) is 0 Å². The van der Waals surface area contributed by atoms with Crippen LogP contribution in [0.4, 0.5) is 4.39 Å². The van der Waals surface area contributed by atoms with Crippen LogP contribution in [0, 0.1) is 11.7 Å². The normalized spacial score (nSPS) is 19.1. The maximum Gasteiger partial charge on any atom is 0.143 e. The highest BCUT2D eigenvalue weighted by Gasteiger charge is 2.28. The molecule has 2 nitrogen and oxygen atoms in total. The first-order chi connectivity index (χ1) is 6.70. The molecule has 1 atom stereocenters. The molecule has 0 bridgehead atoms. The Morgan fingerprint density at radius 2 is 2.21 bits per heavy atom. The van der Waals surface area contributed by atoms with Crippen molar-refractivity contribution < 1.29 is 9.50 Å². The molecule has 1 heterocycles. The Kier molecular flexibility index (Phi) is 2.85. The van der Waals surface area contributed by atoms with E-state index in [1.54, 1.807) is 18.2 Å². The van der Waals surface area contributed by atoms with Gasteiger partial charge in [0.2, 0.25) is 0 Å². The van der Waals surface area contributed by atoms with Crippen LogP contribution in [0.1, 0.15) is 11.7 Å². The summed E-state index contributed by atoms with van der Waals surface area (Å²) < 4.78 is 13.9. The standard InChI is InChI=1S/C10H11BrFNO/c11-8-3-1-2-7(9(8)12)10(14)6-4-13-5-6/h1-3,6,10,13-14H,4-5H2. The third-order valence-corrected chi connectivity index (χ3v) is 3.17. The van der Waals surface area contributed by atoms with Gasteiger partial charge in [-0.3, -0.25) is 0 Å². The summed E-state index contributed by atoms with van der Waals surface area (Å²) in [5.74, 6) is -0.217. The molecule has 1 aliphatic rings. The zero-order chi connectivity index (χ0) is 10.1. The van der Waals surface area contributed by atoms with Crippen molar-refractivity contribution in [1.82, 2.24) is 5.32 Å². The molecule has 0 aliphatic carbocycles. The molecule has 1 aliphatic heterocycles. The minimum Gasteiger partial charge on any atom is -0.388 e. The highest BCUT2D eigenvalue weighted by Crippen LogP contribution is 2.29. The summed E-state index contributed by atoms with van der Waals surface area (Å²) in [6, 6.07) is 4.99. The molecule has 2 N–H and O–H groups in total. The SMILES string of the molecule is OC(c1cccc(Br)c1F)C1CNC1. The molecular formula is C10H11BrFNO. The smallest absolute Gasteiger partial charge is 0.143 e. The lowest BCUT2D eigenvalue weighted by Gasteiger charge is -2.31. The molecule has 0 saturated carbocycles. The van der Waals surface area contributed by atoms with Crippen molar-refractivity contribution in [3.8, 4) is 0 Å². The Balaban J connectivity index is 2.26. The number of nitrogens with one attached hydrogen (secondary N) is 1. The average molecular weight is 260 g/mol. The maximum atomic E-state index is 13.5. The van der Waals surface area contributed by atoms with E-state index >= 15 is 0 Å². The zero-order valence-corrected chi connectivity index (χ0v) is 9.09. The van der Waals surface area contributed by atoms with E-state index in [1.165, 1.54) is 0 Å². The molecule has 0 spiro atoms. The number of halogens is 2. The van der Waals surface area contributed by atoms with Crippen LogP contribution in [0.3, 0.4) is 0 Å². The summed E-state index contributed by atoms with van der Waals surface area (Å²) in [6.07, 6.45) is -0.700. The van der Waals surface area contributed by atoms with Crippen molar-refractivity contribution in [3.05, 3.63) is 34.1 Å². The molecule has 0 aromatic heterocycles. The Bertz CT molecular complexity index is 341. The first kappa shape index (κ1) is 10.1. The highest BCUT2D eigenvalue weighted by molar-refractivity contribution is 9.10. The van der Waals surface area contributed by atoms with Crippen molar-refractivity contribution in [2.45, 2.75) is 6.10 Å². The molecular weight excluding hydrogens is 249 g/mol. The van der Waals surface area contributed by atoms with E-state index in [0.717, 1.165) is 13.1 Å². The lowest BCUT2D eigenvalue weighted by atomic mass is 9.91. The number of hydrogen-bond acceptors (Lipinski definition) is 2. The van der Waals surface area contributed by atoms with Crippen LogP contribution in [-0.2, 0) is 0 Å². The molecule has 76 valence electrons. The van der Waals surface area contributed by atoms with Gasteiger partial charge in [0, 0.05) is 24.6 Å². The van der Waals surface area contributed by atoms with Gasteiger partial charge in [0.25, 0.3) is 0 Å². The van der Waals surface area contributed by atoms with Crippen LogP contribution < -0.4 is 5.32 Å². The van der Waals surface area contributed by atoms with Crippen LogP contribution in [0.15, 0.2) is 22.7 Å². The molecule has 14 heavy (non-hydrogen) atoms. The molecule has 1 fully saturated rings. The monoisotopic (exact) mass is 259 g/mol. The predicted molar refractivity (Wildman–Crippen MR) is 55.4 cm³/mol. The molecule has 1 aromatic carbocycles. The van der Waals surface area contributed by atoms with Crippen molar-refractivity contribution in [1.29, 1.82) is 0 Å². The maximum absolute atomic E-state index is 13.5. The van der Waals surface area contributed by atoms with Gasteiger partial charge in [0.15, 0.2) is 0 Å². The van der Waals surface area contributed by atoms with Gasteiger partial charge < -0.3 is 10.4 Å². The van der Waals surface area contributed by atoms with E-state index in [-0.39, 0.29) is 11.7 Å². The Morgan fingerprint density at radius 1 is 1.50 bits per heavy atom. The fraction of sp³-hybridized carbons (Fsp3) is 0.400. The molecule has 1 aromatic rings. The van der Waals surface area contributed by atoms with Crippen molar-refractivity contribution in [2.24, 2.45) is 5.92 Å². The highest BCUT2D eigenvalue weighted by atomic mass is 79.9. The van der Waals surface area contributed by atoms with Crippen molar-refractivity contribution in [3.63, 3.8) is 0 Å². The Morgan fingerprint density at radius 3 is 2.79 bits per heavy atom. The average Bonchev–Trinajstić information content (AvgIpc) is 2.06. The molecule has 4 heteroatoms. The summed E-state index contributed by atoms with van der Waals surface area (Å²) in [5.41, 5.74) is 0.380. The first-order valence-corrected chi connectivity index (χ1v) is 5.32. The zero-order valence-electron chi connectivity index (χ0n) is 7.50. The van der Waals surface area contributed by atoms with E-state index in [1.807, 2.05) is 0 Å². The van der Waals surface area contributed by atoms with Crippen LogP contribution >= 0.6 is 15.9 Å². The molecule has 1 unspecified atom stereocenters. The van der Waals surface area contributed by atoms with Crippen molar-refractivity contribution in [2.75, 3.05) is 13.1 Å². The van der Waals surface area contributed by atoms with E-state index in [0.29, 0.717) is 10.0 Å². The minimum absolute atomic E-state index is 0.138. The van der Waals surface area contributed by atoms with E-state index < -0.39 is 6.10 Å². The number of aliphatic hydroxyl groups is 1. The quantitative estimate of drug-likeness (QED) is 0.850. The van der Waals surface area contributed by atoms with Gasteiger partial charge in [-0.05, 0) is 22.0 Å². The fourth-order valence-electron chi connectivity index (χ4n) is 1.54. The summed E-state index contributed by atoms with van der Waals surface area (Å²) in [6.45, 7) is 1.51. The largest absolute Gasteiger partial charge is 0.388 e. The summed E-state index contributed by atoms with van der Waals surface area (Å²) >= 11 is 3.10. The van der Waals surface area contributed by atoms with E-state index in [9.17, 15) is 9.50 Å². The number of aliphatic hydroxyl groups excluding tert-OH is 1. The van der Waals surface area contributed by atoms with Gasteiger partial charge in [0.1, 0.15) is 5.82 Å². The van der Waals surface area contributed by atoms with Crippen LogP contribution in [0.25, 0.3) is 0 Å². The van der Waals surface area contributed by atoms with Gasteiger partial charge in [-0.25, -0.2) is 4.39 Å². The van der Waals surface area contributed by atoms with Crippen LogP contribution in [0.5, 0.6) is 0 Å². The third kappa shape index (κ3) is 1.69. The molecule has 0 amide bonds. The topological polar surface area (TPSA) is 32.3 Å². The lowest BCUT2D eigenvalue weighted by molar-refractivity contribution is 0.0735. The summed E-state index contributed by atoms with van der Waals surface area (Å²) in [4.78, 5) is 0. The van der Waals surface area contributed by atoms with Crippen molar-refractivity contribution >= 4 is 15.9 Å². The number of rotatable bonds is 2. The third-order valence-electron chi connectivity index (χ3n) is 2.56. The van der Waals surface area contributed by atoms with E-state index in [2.05, 4.69) is 21.2 Å². The lowest BCUT2D eigenvalue weighted by Crippen LogP contribution is -2.45. The molecule has 2 rings (SSSR count). The summed E-state index contributed by atoms with van der Waals surface area (Å²) in [7, 11) is 0. The van der Waals surface area contributed by atoms with E-state index in [4.69, 9.17) is 0 Å². The minimum atomic E-state index is -0.700. The second-order valence-corrected chi connectivity index (χ2v) is 4.36. The summed E-state index contributed by atoms with van der Waals surface area (Å²) in [5, 5.41) is 12.9. The Hall–Kier alpha value is -0.450. The molecule has 0 radical (unpaired) electrons.